The van der Waals surface area contributed by atoms with Gasteiger partial charge in [0.25, 0.3) is 0 Å². The topological polar surface area (TPSA) is 136 Å². The van der Waals surface area contributed by atoms with Gasteiger partial charge in [-0.25, -0.2) is 0 Å². The Morgan fingerprint density at radius 3 is 1.55 bits per heavy atom. The molecule has 0 atom stereocenters. The summed E-state index contributed by atoms with van der Waals surface area (Å²) in [4.78, 5) is 23.3. The molecule has 0 aromatic rings. The number of hydrogen-bond acceptors (Lipinski definition) is 5. The summed E-state index contributed by atoms with van der Waals surface area (Å²) in [6.07, 6.45) is 16.6. The molecule has 0 saturated heterocycles. The maximum absolute atomic E-state index is 11.7. The van der Waals surface area contributed by atoms with Crippen LogP contribution in [0.2, 0.25) is 0 Å². The van der Waals surface area contributed by atoms with Gasteiger partial charge in [0.15, 0.2) is 5.41 Å². The fourth-order valence-electron chi connectivity index (χ4n) is 2.20. The van der Waals surface area contributed by atoms with Crippen LogP contribution in [0.4, 0.5) is 0 Å². The van der Waals surface area contributed by atoms with Gasteiger partial charge in [-0.05, 0) is 12.8 Å². The number of rotatable bonds is 5. The molecule has 0 amide bonds. The number of carbonyl (C=O) groups is 2. The number of allylic oxidation sites excluding steroid dienone is 2. The second kappa shape index (κ2) is 30.4. The molecule has 0 radical (unpaired) electrons. The summed E-state index contributed by atoms with van der Waals surface area (Å²) in [6, 6.07) is 1.74. The van der Waals surface area contributed by atoms with Gasteiger partial charge in [-0.1, -0.05) is 38.2 Å². The van der Waals surface area contributed by atoms with Crippen molar-refractivity contribution < 1.29 is 54.1 Å². The molecule has 9 heteroatoms. The Morgan fingerprint density at radius 1 is 0.966 bits per heavy atom. The van der Waals surface area contributed by atoms with Gasteiger partial charge in [0, 0.05) is 6.08 Å². The zero-order valence-electron chi connectivity index (χ0n) is 16.3. The number of ether oxygens (including phenoxy) is 2. The summed E-state index contributed by atoms with van der Waals surface area (Å²) in [6.45, 7) is 13.5. The largest absolute Gasteiger partial charge is 2.00 e. The van der Waals surface area contributed by atoms with Gasteiger partial charge in [-0.15, -0.1) is 0 Å². The van der Waals surface area contributed by atoms with E-state index >= 15 is 0 Å². The number of nitrogens with zero attached hydrogens (tertiary/aromatic N) is 1. The SMILES string of the molecule is C1CCCC1.[C-]#CCC(C/C=C/C#N)(C(=O)OC)C(=O)OC.[C-]#[O+].[C-]#[O+].[C-]#[O+].[W+2]. The molecule has 1 saturated carbocycles. The van der Waals surface area contributed by atoms with Gasteiger partial charge in [-0.2, -0.15) is 5.26 Å². The van der Waals surface area contributed by atoms with Crippen molar-refractivity contribution in [3.05, 3.63) is 38.5 Å². The molecule has 1 fully saturated rings. The molecule has 29 heavy (non-hydrogen) atoms. The van der Waals surface area contributed by atoms with Crippen LogP contribution in [0.25, 0.3) is 0 Å². The zero-order chi connectivity index (χ0) is 22.8. The van der Waals surface area contributed by atoms with Gasteiger partial charge >= 0.3 is 66.9 Å². The molecule has 0 spiro atoms. The van der Waals surface area contributed by atoms with Crippen LogP contribution in [0.1, 0.15) is 44.9 Å². The molecule has 1 aliphatic rings. The molecule has 0 aromatic carbocycles. The number of hydrogen-bond donors (Lipinski definition) is 0. The smallest absolute Gasteiger partial charge is 2.00 e. The quantitative estimate of drug-likeness (QED) is 0.125. The third-order valence-corrected chi connectivity index (χ3v) is 3.45. The number of carbonyl (C=O) groups excluding carboxylic acids is 2. The monoisotopic (exact) mass is 572 g/mol. The van der Waals surface area contributed by atoms with Crippen molar-refractivity contribution in [3.63, 3.8) is 0 Å². The van der Waals surface area contributed by atoms with Gasteiger partial charge in [-0.3, -0.25) is 9.59 Å². The minimum Gasteiger partial charge on any atom is 2.00 e. The Balaban J connectivity index is -0.000000132. The van der Waals surface area contributed by atoms with Crippen molar-refractivity contribution in [2.45, 2.75) is 44.9 Å². The molecule has 0 N–H and O–H groups in total. The van der Waals surface area contributed by atoms with E-state index in [4.69, 9.17) is 25.6 Å². The number of methoxy groups -OCH3 is 2. The second-order valence-electron chi connectivity index (χ2n) is 4.92. The van der Waals surface area contributed by atoms with Gasteiger partial charge in [0.2, 0.25) is 0 Å². The Morgan fingerprint density at radius 2 is 1.31 bits per heavy atom. The molecule has 1 aliphatic carbocycles. The number of nitriles is 1. The van der Waals surface area contributed by atoms with Crippen molar-refractivity contribution in [2.24, 2.45) is 5.41 Å². The van der Waals surface area contributed by atoms with Crippen molar-refractivity contribution >= 4 is 11.9 Å². The minimum atomic E-state index is -1.64. The van der Waals surface area contributed by atoms with E-state index in [0.29, 0.717) is 0 Å². The molecule has 0 aromatic heterocycles. The molecule has 0 aliphatic heterocycles. The normalized spacial score (nSPS) is 10.4. The first kappa shape index (κ1) is 37.4. The standard InChI is InChI=1S/C12H12NO4.C5H10.3CO.W/c1-4-7-12(10(14)16-2,11(15)17-3)8-5-6-9-13;1-2-4-5-3-1;3*1-2;/h5-6H,7-8H2,2-3H3;1-5H2;;;;/q-1;;;;;+2/b6-5+;;;;;. The fraction of sp³-hybridized carbons (Fsp3) is 0.500. The van der Waals surface area contributed by atoms with Crippen LogP contribution in [0, 0.1) is 49.0 Å². The third-order valence-electron chi connectivity index (χ3n) is 3.45. The fourth-order valence-corrected chi connectivity index (χ4v) is 2.20. The predicted octanol–water partition coefficient (Wildman–Crippen LogP) is 2.60. The van der Waals surface area contributed by atoms with Crippen molar-refractivity contribution in [2.75, 3.05) is 14.2 Å². The van der Waals surface area contributed by atoms with Crippen LogP contribution >= 0.6 is 0 Å². The van der Waals surface area contributed by atoms with E-state index in [1.54, 1.807) is 6.07 Å². The summed E-state index contributed by atoms with van der Waals surface area (Å²) < 4.78 is 31.6. The number of esters is 2. The zero-order valence-corrected chi connectivity index (χ0v) is 19.3. The van der Waals surface area contributed by atoms with Crippen LogP contribution in [-0.4, -0.2) is 26.2 Å². The third kappa shape index (κ3) is 17.5. The second-order valence-corrected chi connectivity index (χ2v) is 4.92. The molecule has 154 valence electrons. The first-order chi connectivity index (χ1) is 13.6. The van der Waals surface area contributed by atoms with E-state index < -0.39 is 17.4 Å². The van der Waals surface area contributed by atoms with Crippen molar-refractivity contribution in [1.29, 1.82) is 5.26 Å². The van der Waals surface area contributed by atoms with E-state index in [0.717, 1.165) is 20.3 Å². The molecule has 0 bridgehead atoms. The summed E-state index contributed by atoms with van der Waals surface area (Å²) in [7, 11) is 2.27. The summed E-state index contributed by atoms with van der Waals surface area (Å²) >= 11 is 0. The maximum atomic E-state index is 11.7. The summed E-state index contributed by atoms with van der Waals surface area (Å²) in [5.41, 5.74) is -1.64. The van der Waals surface area contributed by atoms with Crippen LogP contribution in [-0.2, 0) is 54.1 Å². The van der Waals surface area contributed by atoms with E-state index in [9.17, 15) is 9.59 Å². The molecule has 0 heterocycles. The molecule has 0 unspecified atom stereocenters. The molecular weight excluding hydrogens is 550 g/mol. The first-order valence-electron chi connectivity index (χ1n) is 7.81. The van der Waals surface area contributed by atoms with Crippen LogP contribution in [0.3, 0.4) is 0 Å². The molecule has 8 nitrogen and oxygen atoms in total. The van der Waals surface area contributed by atoms with E-state index in [2.05, 4.69) is 29.4 Å². The Bertz CT molecular complexity index is 553. The van der Waals surface area contributed by atoms with Crippen molar-refractivity contribution in [3.8, 4) is 12.0 Å². The van der Waals surface area contributed by atoms with Gasteiger partial charge in [0.1, 0.15) is 0 Å². The van der Waals surface area contributed by atoms with E-state index in [1.807, 2.05) is 5.92 Å². The van der Waals surface area contributed by atoms with Crippen LogP contribution < -0.4 is 0 Å². The Hall–Kier alpha value is -2.36. The van der Waals surface area contributed by atoms with Crippen molar-refractivity contribution in [1.82, 2.24) is 0 Å². The molecule has 1 rings (SSSR count). The maximum Gasteiger partial charge on any atom is 2.00 e. The average molecular weight is 572 g/mol. The average Bonchev–Trinajstić information content (AvgIpc) is 3.36. The van der Waals surface area contributed by atoms with Crippen LogP contribution in [0.5, 0.6) is 0 Å². The summed E-state index contributed by atoms with van der Waals surface area (Å²) in [5.74, 6) is 0.371. The molecular formula is C20H22NO7W+. The van der Waals surface area contributed by atoms with Gasteiger partial charge in [0.05, 0.1) is 20.3 Å². The Labute approximate surface area is 186 Å². The predicted molar refractivity (Wildman–Crippen MR) is 92.5 cm³/mol. The Kier molecular flexibility index (Phi) is 39.2. The summed E-state index contributed by atoms with van der Waals surface area (Å²) in [5, 5.41) is 8.36. The van der Waals surface area contributed by atoms with E-state index in [-0.39, 0.29) is 33.9 Å². The minimum absolute atomic E-state index is 0. The van der Waals surface area contributed by atoms with Crippen LogP contribution in [0.15, 0.2) is 12.2 Å². The van der Waals surface area contributed by atoms with Gasteiger partial charge < -0.3 is 21.8 Å². The van der Waals surface area contributed by atoms with E-state index in [1.165, 1.54) is 38.2 Å². The first-order valence-corrected chi connectivity index (χ1v) is 7.81.